The first-order valence-electron chi connectivity index (χ1n) is 6.50. The predicted octanol–water partition coefficient (Wildman–Crippen LogP) is 2.65. The van der Waals surface area contributed by atoms with Crippen LogP contribution in [-0.4, -0.2) is 25.0 Å². The van der Waals surface area contributed by atoms with Gasteiger partial charge in [-0.2, -0.15) is 0 Å². The van der Waals surface area contributed by atoms with Crippen LogP contribution in [0.4, 0.5) is 0 Å². The van der Waals surface area contributed by atoms with E-state index in [1.807, 2.05) is 6.07 Å². The van der Waals surface area contributed by atoms with Crippen LogP contribution in [0.1, 0.15) is 18.9 Å². The molecule has 2 N–H and O–H groups in total. The lowest BCUT2D eigenvalue weighted by atomic mass is 9.94. The number of hydrogen-bond acceptors (Lipinski definition) is 2. The van der Waals surface area contributed by atoms with Crippen molar-refractivity contribution in [3.63, 3.8) is 0 Å². The van der Waals surface area contributed by atoms with Gasteiger partial charge in [-0.25, -0.2) is 0 Å². The Kier molecular flexibility index (Phi) is 5.08. The maximum absolute atomic E-state index is 12.0. The highest BCUT2D eigenvalue weighted by Crippen LogP contribution is 2.22. The standard InChI is InChI=1S/C14H18Cl2N2O/c1-9-4-5-17-8-13(9)18-14(19)7-10-2-3-11(15)12(16)6-10/h2-3,6,9,13,17H,4-5,7-8H2,1H3,(H,18,19). The third-order valence-corrected chi connectivity index (χ3v) is 4.26. The van der Waals surface area contributed by atoms with E-state index in [2.05, 4.69) is 17.6 Å². The van der Waals surface area contributed by atoms with Crippen molar-refractivity contribution in [3.8, 4) is 0 Å². The number of nitrogens with one attached hydrogen (secondary N) is 2. The Hall–Kier alpha value is -0.770. The Labute approximate surface area is 123 Å². The van der Waals surface area contributed by atoms with Crippen molar-refractivity contribution in [2.24, 2.45) is 5.92 Å². The summed E-state index contributed by atoms with van der Waals surface area (Å²) in [5, 5.41) is 7.37. The van der Waals surface area contributed by atoms with E-state index in [1.54, 1.807) is 12.1 Å². The molecular weight excluding hydrogens is 283 g/mol. The van der Waals surface area contributed by atoms with Crippen LogP contribution < -0.4 is 10.6 Å². The Balaban J connectivity index is 1.91. The van der Waals surface area contributed by atoms with E-state index in [9.17, 15) is 4.79 Å². The molecule has 1 aromatic rings. The minimum Gasteiger partial charge on any atom is -0.352 e. The summed E-state index contributed by atoms with van der Waals surface area (Å²) in [5.41, 5.74) is 0.878. The molecule has 2 rings (SSSR count). The summed E-state index contributed by atoms with van der Waals surface area (Å²) in [6, 6.07) is 5.50. The van der Waals surface area contributed by atoms with Crippen LogP contribution in [0.15, 0.2) is 18.2 Å². The van der Waals surface area contributed by atoms with Crippen LogP contribution in [0.5, 0.6) is 0 Å². The number of benzene rings is 1. The van der Waals surface area contributed by atoms with Gasteiger partial charge in [0.05, 0.1) is 16.5 Å². The van der Waals surface area contributed by atoms with Crippen LogP contribution in [0.3, 0.4) is 0 Å². The molecule has 0 spiro atoms. The molecule has 0 bridgehead atoms. The van der Waals surface area contributed by atoms with Gasteiger partial charge in [0.1, 0.15) is 0 Å². The van der Waals surface area contributed by atoms with Crippen molar-refractivity contribution in [1.29, 1.82) is 0 Å². The third-order valence-electron chi connectivity index (χ3n) is 3.52. The van der Waals surface area contributed by atoms with E-state index in [4.69, 9.17) is 23.2 Å². The van der Waals surface area contributed by atoms with Gasteiger partial charge in [0.25, 0.3) is 0 Å². The largest absolute Gasteiger partial charge is 0.352 e. The van der Waals surface area contributed by atoms with Crippen LogP contribution in [0.2, 0.25) is 10.0 Å². The van der Waals surface area contributed by atoms with Crippen LogP contribution in [0.25, 0.3) is 0 Å². The smallest absolute Gasteiger partial charge is 0.224 e. The molecule has 5 heteroatoms. The number of hydrogen-bond donors (Lipinski definition) is 2. The molecule has 0 radical (unpaired) electrons. The minimum absolute atomic E-state index is 0.0268. The molecule has 1 heterocycles. The van der Waals surface area contributed by atoms with Crippen molar-refractivity contribution < 1.29 is 4.79 Å². The zero-order valence-electron chi connectivity index (χ0n) is 10.9. The first-order chi connectivity index (χ1) is 9.06. The van der Waals surface area contributed by atoms with Gasteiger partial charge in [-0.05, 0) is 36.6 Å². The molecule has 1 aliphatic rings. The van der Waals surface area contributed by atoms with Gasteiger partial charge < -0.3 is 10.6 Å². The van der Waals surface area contributed by atoms with E-state index in [0.717, 1.165) is 25.1 Å². The molecule has 1 amide bonds. The van der Waals surface area contributed by atoms with E-state index in [0.29, 0.717) is 22.4 Å². The first-order valence-corrected chi connectivity index (χ1v) is 7.26. The number of carbonyl (C=O) groups is 1. The molecule has 0 aromatic heterocycles. The summed E-state index contributed by atoms with van der Waals surface area (Å²) in [6.07, 6.45) is 1.43. The molecule has 0 saturated carbocycles. The van der Waals surface area contributed by atoms with Crippen molar-refractivity contribution in [2.75, 3.05) is 13.1 Å². The van der Waals surface area contributed by atoms with Gasteiger partial charge in [-0.15, -0.1) is 0 Å². The molecule has 2 unspecified atom stereocenters. The van der Waals surface area contributed by atoms with Crippen molar-refractivity contribution in [2.45, 2.75) is 25.8 Å². The predicted molar refractivity (Wildman–Crippen MR) is 78.7 cm³/mol. The average Bonchev–Trinajstić information content (AvgIpc) is 2.37. The maximum atomic E-state index is 12.0. The minimum atomic E-state index is 0.0268. The number of amides is 1. The van der Waals surface area contributed by atoms with Gasteiger partial charge in [0.2, 0.25) is 5.91 Å². The fourth-order valence-electron chi connectivity index (χ4n) is 2.28. The Morgan fingerprint density at radius 1 is 1.42 bits per heavy atom. The normalized spacial score (nSPS) is 23.1. The molecule has 0 aliphatic carbocycles. The molecule has 19 heavy (non-hydrogen) atoms. The second-order valence-electron chi connectivity index (χ2n) is 5.07. The highest BCUT2D eigenvalue weighted by Gasteiger charge is 2.22. The second-order valence-corrected chi connectivity index (χ2v) is 5.88. The Morgan fingerprint density at radius 3 is 2.89 bits per heavy atom. The summed E-state index contributed by atoms with van der Waals surface area (Å²) in [6.45, 7) is 4.04. The zero-order valence-corrected chi connectivity index (χ0v) is 12.4. The molecular formula is C14H18Cl2N2O. The van der Waals surface area contributed by atoms with E-state index < -0.39 is 0 Å². The number of halogens is 2. The second kappa shape index (κ2) is 6.60. The Morgan fingerprint density at radius 2 is 2.21 bits per heavy atom. The van der Waals surface area contributed by atoms with Gasteiger partial charge in [0, 0.05) is 12.6 Å². The molecule has 1 aliphatic heterocycles. The van der Waals surface area contributed by atoms with Gasteiger partial charge >= 0.3 is 0 Å². The lowest BCUT2D eigenvalue weighted by molar-refractivity contribution is -0.121. The first kappa shape index (κ1) is 14.6. The fraction of sp³-hybridized carbons (Fsp3) is 0.500. The topological polar surface area (TPSA) is 41.1 Å². The summed E-state index contributed by atoms with van der Waals surface area (Å²) in [4.78, 5) is 12.0. The van der Waals surface area contributed by atoms with Crippen molar-refractivity contribution in [3.05, 3.63) is 33.8 Å². The number of piperidine rings is 1. The number of carbonyl (C=O) groups excluding carboxylic acids is 1. The highest BCUT2D eigenvalue weighted by atomic mass is 35.5. The van der Waals surface area contributed by atoms with Crippen LogP contribution in [0, 0.1) is 5.92 Å². The fourth-order valence-corrected chi connectivity index (χ4v) is 2.60. The molecule has 1 fully saturated rings. The molecule has 2 atom stereocenters. The summed E-state index contributed by atoms with van der Waals surface area (Å²) in [7, 11) is 0. The quantitative estimate of drug-likeness (QED) is 0.901. The SMILES string of the molecule is CC1CCNCC1NC(=O)Cc1ccc(Cl)c(Cl)c1. The van der Waals surface area contributed by atoms with Crippen molar-refractivity contribution >= 4 is 29.1 Å². The molecule has 3 nitrogen and oxygen atoms in total. The lowest BCUT2D eigenvalue weighted by Gasteiger charge is -2.30. The highest BCUT2D eigenvalue weighted by molar-refractivity contribution is 6.42. The molecule has 1 aromatic carbocycles. The van der Waals surface area contributed by atoms with Gasteiger partial charge in [-0.1, -0.05) is 36.2 Å². The van der Waals surface area contributed by atoms with E-state index in [1.165, 1.54) is 0 Å². The van der Waals surface area contributed by atoms with E-state index >= 15 is 0 Å². The maximum Gasteiger partial charge on any atom is 0.224 e. The Bertz CT molecular complexity index is 465. The zero-order chi connectivity index (χ0) is 13.8. The van der Waals surface area contributed by atoms with E-state index in [-0.39, 0.29) is 11.9 Å². The summed E-state index contributed by atoms with van der Waals surface area (Å²) in [5.74, 6) is 0.540. The lowest BCUT2D eigenvalue weighted by Crippen LogP contribution is -2.50. The molecule has 104 valence electrons. The van der Waals surface area contributed by atoms with Crippen LogP contribution in [-0.2, 0) is 11.2 Å². The van der Waals surface area contributed by atoms with Crippen LogP contribution >= 0.6 is 23.2 Å². The van der Waals surface area contributed by atoms with Gasteiger partial charge in [-0.3, -0.25) is 4.79 Å². The summed E-state index contributed by atoms with van der Waals surface area (Å²) >= 11 is 11.8. The monoisotopic (exact) mass is 300 g/mol. The van der Waals surface area contributed by atoms with Crippen molar-refractivity contribution in [1.82, 2.24) is 10.6 Å². The summed E-state index contributed by atoms with van der Waals surface area (Å²) < 4.78 is 0. The molecule has 1 saturated heterocycles. The average molecular weight is 301 g/mol. The third kappa shape index (κ3) is 4.10. The number of rotatable bonds is 3. The van der Waals surface area contributed by atoms with Gasteiger partial charge in [0.15, 0.2) is 0 Å².